The number of hydrogen-bond donors (Lipinski definition) is 3. The summed E-state index contributed by atoms with van der Waals surface area (Å²) in [5.74, 6) is 1.35. The summed E-state index contributed by atoms with van der Waals surface area (Å²) in [4.78, 5) is 41.1. The first-order valence-corrected chi connectivity index (χ1v) is 12.8. The molecular formula is C26H30N6O3S. The lowest BCUT2D eigenvalue weighted by Gasteiger charge is -2.15. The van der Waals surface area contributed by atoms with Gasteiger partial charge in [0.1, 0.15) is 10.7 Å². The van der Waals surface area contributed by atoms with Crippen molar-refractivity contribution in [2.24, 2.45) is 0 Å². The van der Waals surface area contributed by atoms with E-state index in [0.29, 0.717) is 23.7 Å². The number of aromatic amines is 1. The number of carbonyl (C=O) groups excluding carboxylic acids is 2. The lowest BCUT2D eigenvalue weighted by molar-refractivity contribution is -0.120. The Kier molecular flexibility index (Phi) is 8.62. The number of methoxy groups -OCH3 is 1. The summed E-state index contributed by atoms with van der Waals surface area (Å²) in [7, 11) is 3.26. The van der Waals surface area contributed by atoms with Crippen LogP contribution in [0.2, 0.25) is 0 Å². The first-order valence-electron chi connectivity index (χ1n) is 11.9. The maximum absolute atomic E-state index is 12.5. The molecule has 0 aliphatic carbocycles. The predicted octanol–water partition coefficient (Wildman–Crippen LogP) is 4.30. The highest BCUT2D eigenvalue weighted by Gasteiger charge is 2.18. The number of amides is 2. The van der Waals surface area contributed by atoms with Crippen molar-refractivity contribution < 1.29 is 14.3 Å². The molecule has 2 amide bonds. The van der Waals surface area contributed by atoms with Gasteiger partial charge in [-0.25, -0.2) is 9.97 Å². The van der Waals surface area contributed by atoms with Gasteiger partial charge in [0.25, 0.3) is 5.91 Å². The van der Waals surface area contributed by atoms with Gasteiger partial charge in [0, 0.05) is 42.9 Å². The zero-order chi connectivity index (χ0) is 25.3. The van der Waals surface area contributed by atoms with Crippen molar-refractivity contribution in [3.8, 4) is 17.1 Å². The molecule has 36 heavy (non-hydrogen) atoms. The fourth-order valence-corrected chi connectivity index (χ4v) is 4.56. The van der Waals surface area contributed by atoms with Gasteiger partial charge in [-0.2, -0.15) is 0 Å². The number of imidazole rings is 1. The molecule has 188 valence electrons. The summed E-state index contributed by atoms with van der Waals surface area (Å²) in [5, 5.41) is 6.69. The van der Waals surface area contributed by atoms with E-state index in [4.69, 9.17) is 4.74 Å². The standard InChI is InChI=1S/C26H30N6O3S/c1-27-23(33)7-5-3-4-6-19(13-30-26(34)22-15-28-16-36-22)25-29-14-21(32-25)18-8-10-20-17(12-18)9-11-24(31-20)35-2/h8-12,14-16,19H,3-7,13H2,1-2H3,(H,27,33)(H,29,32)(H,30,34). The molecule has 1 atom stereocenters. The van der Waals surface area contributed by atoms with Crippen LogP contribution >= 0.6 is 11.3 Å². The Morgan fingerprint density at radius 1 is 1.14 bits per heavy atom. The number of nitrogens with one attached hydrogen (secondary N) is 3. The molecule has 0 saturated heterocycles. The summed E-state index contributed by atoms with van der Waals surface area (Å²) >= 11 is 1.31. The maximum Gasteiger partial charge on any atom is 0.263 e. The van der Waals surface area contributed by atoms with Gasteiger partial charge in [0.2, 0.25) is 11.8 Å². The molecule has 0 saturated carbocycles. The molecule has 4 rings (SSSR count). The van der Waals surface area contributed by atoms with Crippen LogP contribution in [0.5, 0.6) is 5.88 Å². The second-order valence-electron chi connectivity index (χ2n) is 8.49. The van der Waals surface area contributed by atoms with E-state index in [0.717, 1.165) is 53.7 Å². The van der Waals surface area contributed by atoms with Gasteiger partial charge in [0.05, 0.1) is 36.2 Å². The number of H-pyrrole nitrogens is 1. The summed E-state index contributed by atoms with van der Waals surface area (Å²) in [6.07, 6.45) is 7.46. The molecule has 0 fully saturated rings. The largest absolute Gasteiger partial charge is 0.481 e. The number of pyridine rings is 1. The molecule has 9 nitrogen and oxygen atoms in total. The molecule has 0 bridgehead atoms. The van der Waals surface area contributed by atoms with Crippen LogP contribution in [-0.4, -0.2) is 52.5 Å². The Morgan fingerprint density at radius 2 is 2.03 bits per heavy atom. The third-order valence-electron chi connectivity index (χ3n) is 6.07. The Morgan fingerprint density at radius 3 is 2.81 bits per heavy atom. The third-order valence-corrected chi connectivity index (χ3v) is 6.84. The summed E-state index contributed by atoms with van der Waals surface area (Å²) < 4.78 is 5.22. The number of thiazole rings is 1. The van der Waals surface area contributed by atoms with Crippen molar-refractivity contribution >= 4 is 34.1 Å². The molecule has 3 aromatic heterocycles. The van der Waals surface area contributed by atoms with Crippen molar-refractivity contribution in [1.29, 1.82) is 0 Å². The molecule has 0 aliphatic heterocycles. The predicted molar refractivity (Wildman–Crippen MR) is 140 cm³/mol. The van der Waals surface area contributed by atoms with Gasteiger partial charge in [-0.15, -0.1) is 11.3 Å². The number of unbranched alkanes of at least 4 members (excludes halogenated alkanes) is 2. The van der Waals surface area contributed by atoms with E-state index in [1.165, 1.54) is 11.3 Å². The Bertz CT molecular complexity index is 1300. The van der Waals surface area contributed by atoms with E-state index >= 15 is 0 Å². The molecule has 3 N–H and O–H groups in total. The molecule has 10 heteroatoms. The quantitative estimate of drug-likeness (QED) is 0.246. The number of benzene rings is 1. The maximum atomic E-state index is 12.5. The van der Waals surface area contributed by atoms with E-state index < -0.39 is 0 Å². The van der Waals surface area contributed by atoms with E-state index in [1.54, 1.807) is 25.9 Å². The van der Waals surface area contributed by atoms with Gasteiger partial charge in [0.15, 0.2) is 0 Å². The lowest BCUT2D eigenvalue weighted by Crippen LogP contribution is -2.28. The number of aromatic nitrogens is 4. The van der Waals surface area contributed by atoms with Gasteiger partial charge in [-0.05, 0) is 31.0 Å². The fourth-order valence-electron chi connectivity index (χ4n) is 4.02. The number of hydrogen-bond acceptors (Lipinski definition) is 7. The highest BCUT2D eigenvalue weighted by atomic mass is 32.1. The van der Waals surface area contributed by atoms with Crippen LogP contribution in [0.25, 0.3) is 22.2 Å². The monoisotopic (exact) mass is 506 g/mol. The zero-order valence-corrected chi connectivity index (χ0v) is 21.2. The minimum Gasteiger partial charge on any atom is -0.481 e. The van der Waals surface area contributed by atoms with Crippen molar-refractivity contribution in [3.63, 3.8) is 0 Å². The third kappa shape index (κ3) is 6.45. The molecule has 0 spiro atoms. The average Bonchev–Trinajstić information content (AvgIpc) is 3.62. The molecule has 0 radical (unpaired) electrons. The number of rotatable bonds is 12. The van der Waals surface area contributed by atoms with Gasteiger partial charge < -0.3 is 20.4 Å². The lowest BCUT2D eigenvalue weighted by atomic mass is 9.99. The van der Waals surface area contributed by atoms with Crippen LogP contribution in [0.4, 0.5) is 0 Å². The van der Waals surface area contributed by atoms with Crippen molar-refractivity contribution in [1.82, 2.24) is 30.6 Å². The van der Waals surface area contributed by atoms with Crippen LogP contribution in [0, 0.1) is 0 Å². The van der Waals surface area contributed by atoms with E-state index in [1.807, 2.05) is 30.5 Å². The summed E-state index contributed by atoms with van der Waals surface area (Å²) in [6.45, 7) is 0.459. The first kappa shape index (κ1) is 25.3. The van der Waals surface area contributed by atoms with Gasteiger partial charge in [-0.3, -0.25) is 14.6 Å². The molecule has 1 aromatic carbocycles. The highest BCUT2D eigenvalue weighted by molar-refractivity contribution is 7.11. The Hall–Kier alpha value is -3.79. The van der Waals surface area contributed by atoms with Crippen molar-refractivity contribution in [2.75, 3.05) is 20.7 Å². The molecule has 1 unspecified atom stereocenters. The van der Waals surface area contributed by atoms with Crippen LogP contribution < -0.4 is 15.4 Å². The van der Waals surface area contributed by atoms with Gasteiger partial charge in [-0.1, -0.05) is 18.9 Å². The van der Waals surface area contributed by atoms with Crippen LogP contribution in [-0.2, 0) is 4.79 Å². The first-order chi connectivity index (χ1) is 17.6. The van der Waals surface area contributed by atoms with E-state index in [2.05, 4.69) is 36.6 Å². The Labute approximate surface area is 213 Å². The molecule has 4 aromatic rings. The SMILES string of the molecule is CNC(=O)CCCCCC(CNC(=O)c1cncs1)c1ncc(-c2ccc3nc(OC)ccc3c2)[nH]1. The zero-order valence-electron chi connectivity index (χ0n) is 20.4. The second kappa shape index (κ2) is 12.3. The summed E-state index contributed by atoms with van der Waals surface area (Å²) in [6, 6.07) is 9.87. The number of fused-ring (bicyclic) bond motifs is 1. The number of ether oxygens (including phenoxy) is 1. The van der Waals surface area contributed by atoms with Crippen molar-refractivity contribution in [2.45, 2.75) is 38.0 Å². The topological polar surface area (TPSA) is 122 Å². The smallest absolute Gasteiger partial charge is 0.263 e. The van der Waals surface area contributed by atoms with E-state index in [-0.39, 0.29) is 17.7 Å². The minimum absolute atomic E-state index is 0.0157. The Balaban J connectivity index is 1.46. The normalized spacial score (nSPS) is 11.8. The van der Waals surface area contributed by atoms with Gasteiger partial charge >= 0.3 is 0 Å². The van der Waals surface area contributed by atoms with Crippen LogP contribution in [0.1, 0.15) is 53.5 Å². The molecule has 3 heterocycles. The minimum atomic E-state index is -0.133. The average molecular weight is 507 g/mol. The highest BCUT2D eigenvalue weighted by Crippen LogP contribution is 2.27. The summed E-state index contributed by atoms with van der Waals surface area (Å²) in [5.41, 5.74) is 4.41. The number of nitrogens with zero attached hydrogens (tertiary/aromatic N) is 3. The van der Waals surface area contributed by atoms with Crippen LogP contribution in [0.15, 0.2) is 48.2 Å². The molecule has 0 aliphatic rings. The van der Waals surface area contributed by atoms with E-state index in [9.17, 15) is 9.59 Å². The van der Waals surface area contributed by atoms with Crippen molar-refractivity contribution in [3.05, 3.63) is 58.9 Å². The number of carbonyl (C=O) groups is 2. The molecular weight excluding hydrogens is 476 g/mol. The van der Waals surface area contributed by atoms with Crippen LogP contribution in [0.3, 0.4) is 0 Å². The fraction of sp³-hybridized carbons (Fsp3) is 0.346. The second-order valence-corrected chi connectivity index (χ2v) is 9.37.